The Labute approximate surface area is 148 Å². The summed E-state index contributed by atoms with van der Waals surface area (Å²) in [5, 5.41) is 0. The van der Waals surface area contributed by atoms with Gasteiger partial charge in [-0.25, -0.2) is 4.89 Å². The summed E-state index contributed by atoms with van der Waals surface area (Å²) in [5.74, 6) is 0. The lowest BCUT2D eigenvalue weighted by Crippen LogP contribution is -2.10. The molecule has 128 valence electrons. The van der Waals surface area contributed by atoms with Crippen molar-refractivity contribution in [2.24, 2.45) is 0 Å². The molecule has 0 spiro atoms. The van der Waals surface area contributed by atoms with Gasteiger partial charge < -0.3 is 0 Å². The van der Waals surface area contributed by atoms with E-state index in [1.165, 1.54) is 77.0 Å². The highest BCUT2D eigenvalue weighted by atomic mass is 32.2. The number of hydrogen-bond donors (Lipinski definition) is 3. The lowest BCUT2D eigenvalue weighted by atomic mass is 10.0. The second-order valence-electron chi connectivity index (χ2n) is 5.72. The van der Waals surface area contributed by atoms with Gasteiger partial charge in [0.1, 0.15) is 0 Å². The highest BCUT2D eigenvalue weighted by Gasteiger charge is 2.14. The molecule has 0 radical (unpaired) electrons. The Morgan fingerprint density at radius 3 is 1.38 bits per heavy atom. The van der Waals surface area contributed by atoms with Gasteiger partial charge in [-0.2, -0.15) is 4.89 Å². The molecule has 0 atom stereocenters. The Balaban J connectivity index is 3.00. The van der Waals surface area contributed by atoms with Crippen molar-refractivity contribution in [3.8, 4) is 0 Å². The molecule has 0 rings (SSSR count). The van der Waals surface area contributed by atoms with Gasteiger partial charge in [0.05, 0.1) is 6.61 Å². The Bertz CT molecular complexity index is 208. The van der Waals surface area contributed by atoms with Gasteiger partial charge in [0.15, 0.2) is 0 Å². The minimum Gasteiger partial charge on any atom is -0.234 e. The molecule has 0 amide bonds. The zero-order chi connectivity index (χ0) is 15.8. The monoisotopic (exact) mass is 354 g/mol. The average molecular weight is 355 g/mol. The molecule has 0 saturated heterocycles. The highest BCUT2D eigenvalue weighted by molar-refractivity contribution is 8.16. The van der Waals surface area contributed by atoms with Crippen molar-refractivity contribution in [1.29, 1.82) is 0 Å². The topological polar surface area (TPSA) is 18.5 Å². The van der Waals surface area contributed by atoms with Crippen LogP contribution in [0.4, 0.5) is 0 Å². The molecule has 0 aliphatic carbocycles. The molecule has 0 saturated carbocycles. The van der Waals surface area contributed by atoms with Gasteiger partial charge in [0, 0.05) is 0 Å². The van der Waals surface area contributed by atoms with Crippen LogP contribution >= 0.6 is 37.9 Å². The summed E-state index contributed by atoms with van der Waals surface area (Å²) >= 11 is 11.9. The number of hydrogen-bond acceptors (Lipinski definition) is 5. The van der Waals surface area contributed by atoms with Crippen molar-refractivity contribution in [2.45, 2.75) is 94.0 Å². The van der Waals surface area contributed by atoms with Gasteiger partial charge >= 0.3 is 0 Å². The molecule has 0 fully saturated rings. The van der Waals surface area contributed by atoms with Gasteiger partial charge in [-0.3, -0.25) is 0 Å². The van der Waals surface area contributed by atoms with E-state index < -0.39 is 3.60 Å². The van der Waals surface area contributed by atoms with Crippen LogP contribution in [-0.2, 0) is 9.78 Å². The highest BCUT2D eigenvalue weighted by Crippen LogP contribution is 2.25. The molecule has 0 N–H and O–H groups in total. The number of rotatable bonds is 16. The van der Waals surface area contributed by atoms with E-state index in [4.69, 9.17) is 9.78 Å². The summed E-state index contributed by atoms with van der Waals surface area (Å²) in [7, 11) is 0. The maximum atomic E-state index is 4.97. The Hall–Kier alpha value is 0.970. The second kappa shape index (κ2) is 15.9. The van der Waals surface area contributed by atoms with E-state index in [1.54, 1.807) is 0 Å². The zero-order valence-corrected chi connectivity index (χ0v) is 16.2. The Kier molecular flexibility index (Phi) is 16.6. The second-order valence-corrected chi connectivity index (χ2v) is 8.67. The molecular weight excluding hydrogens is 320 g/mol. The molecular formula is C16H34O2S3. The van der Waals surface area contributed by atoms with Crippen molar-refractivity contribution in [3.05, 3.63) is 0 Å². The standard InChI is InChI=1S/C16H34O2S3/c1-2-3-4-5-6-7-8-9-10-11-12-13-14-15-17-18-16(19,20)21/h19-21H,2-15H2,1H3. The van der Waals surface area contributed by atoms with Crippen LogP contribution in [0.3, 0.4) is 0 Å². The molecule has 0 aliphatic rings. The van der Waals surface area contributed by atoms with Crippen LogP contribution in [0, 0.1) is 0 Å². The molecule has 2 nitrogen and oxygen atoms in total. The van der Waals surface area contributed by atoms with Crippen molar-refractivity contribution in [1.82, 2.24) is 0 Å². The van der Waals surface area contributed by atoms with Crippen LogP contribution in [0.25, 0.3) is 0 Å². The van der Waals surface area contributed by atoms with Crippen LogP contribution in [-0.4, -0.2) is 10.2 Å². The normalized spacial score (nSPS) is 12.0. The van der Waals surface area contributed by atoms with Crippen LogP contribution < -0.4 is 0 Å². The average Bonchev–Trinajstić information content (AvgIpc) is 2.42. The maximum absolute atomic E-state index is 4.97. The summed E-state index contributed by atoms with van der Waals surface area (Å²) in [6.45, 7) is 2.86. The smallest absolute Gasteiger partial charge is 0.232 e. The van der Waals surface area contributed by atoms with Crippen LogP contribution in [0.1, 0.15) is 90.4 Å². The minimum atomic E-state index is -1.10. The molecule has 21 heavy (non-hydrogen) atoms. The van der Waals surface area contributed by atoms with Crippen LogP contribution in [0.5, 0.6) is 0 Å². The van der Waals surface area contributed by atoms with Gasteiger partial charge in [-0.1, -0.05) is 84.0 Å². The van der Waals surface area contributed by atoms with E-state index in [1.807, 2.05) is 0 Å². The van der Waals surface area contributed by atoms with Crippen molar-refractivity contribution >= 4 is 37.9 Å². The van der Waals surface area contributed by atoms with Gasteiger partial charge in [-0.15, -0.1) is 37.9 Å². The van der Waals surface area contributed by atoms with Crippen LogP contribution in [0.15, 0.2) is 0 Å². The lowest BCUT2D eigenvalue weighted by Gasteiger charge is -2.14. The maximum Gasteiger partial charge on any atom is 0.232 e. The SMILES string of the molecule is CCCCCCCCCCCCCCCOOC(S)(S)S. The number of thiol groups is 3. The fraction of sp³-hybridized carbons (Fsp3) is 1.00. The molecule has 0 aliphatic heterocycles. The molecule has 0 aromatic rings. The van der Waals surface area contributed by atoms with Gasteiger partial charge in [-0.05, 0) is 6.42 Å². The molecule has 0 aromatic carbocycles. The van der Waals surface area contributed by atoms with Crippen LogP contribution in [0.2, 0.25) is 0 Å². The first-order chi connectivity index (χ1) is 10.1. The van der Waals surface area contributed by atoms with Crippen molar-refractivity contribution < 1.29 is 9.78 Å². The third-order valence-electron chi connectivity index (χ3n) is 3.50. The Morgan fingerprint density at radius 2 is 1.00 bits per heavy atom. The Morgan fingerprint density at radius 1 is 0.619 bits per heavy atom. The van der Waals surface area contributed by atoms with Crippen molar-refractivity contribution in [3.63, 3.8) is 0 Å². The molecule has 0 heterocycles. The molecule has 5 heteroatoms. The zero-order valence-electron chi connectivity index (χ0n) is 13.6. The summed E-state index contributed by atoms with van der Waals surface area (Å²) in [6, 6.07) is 0. The molecule has 0 aromatic heterocycles. The van der Waals surface area contributed by atoms with Gasteiger partial charge in [0.25, 0.3) is 0 Å². The first kappa shape index (κ1) is 22.0. The lowest BCUT2D eigenvalue weighted by molar-refractivity contribution is -0.294. The molecule has 0 unspecified atom stereocenters. The van der Waals surface area contributed by atoms with E-state index in [9.17, 15) is 0 Å². The van der Waals surface area contributed by atoms with E-state index in [-0.39, 0.29) is 0 Å². The predicted octanol–water partition coefficient (Wildman–Crippen LogP) is 6.43. The largest absolute Gasteiger partial charge is 0.234 e. The predicted molar refractivity (Wildman–Crippen MR) is 102 cm³/mol. The fourth-order valence-electron chi connectivity index (χ4n) is 2.30. The first-order valence-electron chi connectivity index (χ1n) is 8.54. The third-order valence-corrected chi connectivity index (χ3v) is 3.73. The van der Waals surface area contributed by atoms with E-state index in [2.05, 4.69) is 44.8 Å². The summed E-state index contributed by atoms with van der Waals surface area (Å²) in [4.78, 5) is 9.80. The van der Waals surface area contributed by atoms with E-state index in [0.29, 0.717) is 6.61 Å². The fourth-order valence-corrected chi connectivity index (χ4v) is 2.46. The van der Waals surface area contributed by atoms with Crippen molar-refractivity contribution in [2.75, 3.05) is 6.61 Å². The first-order valence-corrected chi connectivity index (χ1v) is 9.88. The van der Waals surface area contributed by atoms with E-state index in [0.717, 1.165) is 6.42 Å². The quantitative estimate of drug-likeness (QED) is 0.0975. The number of unbranched alkanes of at least 4 members (excludes halogenated alkanes) is 12. The van der Waals surface area contributed by atoms with E-state index >= 15 is 0 Å². The summed E-state index contributed by atoms with van der Waals surface area (Å²) in [6.07, 6.45) is 17.5. The third kappa shape index (κ3) is 21.0. The molecule has 0 bridgehead atoms. The van der Waals surface area contributed by atoms with Gasteiger partial charge in [0.2, 0.25) is 3.60 Å². The minimum absolute atomic E-state index is 0.585. The summed E-state index contributed by atoms with van der Waals surface area (Å²) < 4.78 is -1.10. The summed E-state index contributed by atoms with van der Waals surface area (Å²) in [5.41, 5.74) is 0.